The number of hydrogen-bond donors (Lipinski definition) is 2. The van der Waals surface area contributed by atoms with E-state index in [0.29, 0.717) is 33.3 Å². The van der Waals surface area contributed by atoms with Crippen molar-refractivity contribution in [1.82, 2.24) is 15.2 Å². The summed E-state index contributed by atoms with van der Waals surface area (Å²) in [5.74, 6) is 0.675. The third-order valence-electron chi connectivity index (χ3n) is 3.31. The van der Waals surface area contributed by atoms with Gasteiger partial charge in [0.2, 0.25) is 5.16 Å². The van der Waals surface area contributed by atoms with Crippen LogP contribution in [0.5, 0.6) is 11.5 Å². The second-order valence-corrected chi connectivity index (χ2v) is 7.23. The van der Waals surface area contributed by atoms with Crippen LogP contribution < -0.4 is 9.47 Å². The van der Waals surface area contributed by atoms with Gasteiger partial charge in [0.25, 0.3) is 0 Å². The highest BCUT2D eigenvalue weighted by Gasteiger charge is 2.16. The zero-order valence-electron chi connectivity index (χ0n) is 15.0. The molecular formula is C18H20BrN3O4S. The van der Waals surface area contributed by atoms with Crippen molar-refractivity contribution in [2.24, 2.45) is 0 Å². The van der Waals surface area contributed by atoms with Crippen molar-refractivity contribution in [3.8, 4) is 11.5 Å². The van der Waals surface area contributed by atoms with Crippen LogP contribution >= 0.6 is 27.7 Å². The normalized spacial score (nSPS) is 11.3. The molecule has 0 unspecified atom stereocenters. The minimum atomic E-state index is -1.07. The number of thioether (sulfide) groups is 1. The highest BCUT2D eigenvalue weighted by Crippen LogP contribution is 2.38. The summed E-state index contributed by atoms with van der Waals surface area (Å²) in [7, 11) is 1.52. The number of methoxy groups -OCH3 is 1. The third kappa shape index (κ3) is 5.86. The molecule has 7 nitrogen and oxygen atoms in total. The Hall–Kier alpha value is -2.26. The summed E-state index contributed by atoms with van der Waals surface area (Å²) in [6.45, 7) is 5.98. The summed E-state index contributed by atoms with van der Waals surface area (Å²) in [5, 5.41) is 16.8. The number of nitrogens with one attached hydrogen (secondary N) is 1. The van der Waals surface area contributed by atoms with E-state index in [1.165, 1.54) is 13.2 Å². The first-order chi connectivity index (χ1) is 13.0. The number of aromatic nitrogens is 3. The van der Waals surface area contributed by atoms with E-state index in [9.17, 15) is 9.90 Å². The van der Waals surface area contributed by atoms with Crippen LogP contribution in [-0.4, -0.2) is 40.0 Å². The number of ether oxygens (including phenoxy) is 2. The predicted octanol–water partition coefficient (Wildman–Crippen LogP) is 4.31. The quantitative estimate of drug-likeness (QED) is 0.314. The monoisotopic (exact) mass is 453 g/mol. The van der Waals surface area contributed by atoms with E-state index in [1.807, 2.05) is 6.92 Å². The van der Waals surface area contributed by atoms with Crippen LogP contribution in [0.25, 0.3) is 6.08 Å². The first kappa shape index (κ1) is 21.0. The van der Waals surface area contributed by atoms with Gasteiger partial charge in [-0.1, -0.05) is 19.6 Å². The lowest BCUT2D eigenvalue weighted by molar-refractivity contribution is -0.131. The Morgan fingerprint density at radius 3 is 2.89 bits per heavy atom. The fraction of sp³-hybridized carbons (Fsp3) is 0.278. The SMILES string of the molecule is C=CCOc1c(Br)cc(/C=C(\Sc2n[nH]c(CCC)n2)C(=O)O)cc1OC. The number of carboxylic acids is 1. The van der Waals surface area contributed by atoms with Crippen LogP contribution in [0.1, 0.15) is 24.7 Å². The molecule has 27 heavy (non-hydrogen) atoms. The van der Waals surface area contributed by atoms with Gasteiger partial charge in [-0.05, 0) is 57.9 Å². The molecule has 0 aliphatic rings. The van der Waals surface area contributed by atoms with Gasteiger partial charge < -0.3 is 14.6 Å². The van der Waals surface area contributed by atoms with E-state index >= 15 is 0 Å². The Morgan fingerprint density at radius 2 is 2.26 bits per heavy atom. The Kier molecular flexibility index (Phi) is 7.93. The van der Waals surface area contributed by atoms with Gasteiger partial charge in [0, 0.05) is 6.42 Å². The van der Waals surface area contributed by atoms with Crippen LogP contribution in [0, 0.1) is 0 Å². The lowest BCUT2D eigenvalue weighted by atomic mass is 10.2. The molecular weight excluding hydrogens is 434 g/mol. The maximum absolute atomic E-state index is 11.7. The first-order valence-corrected chi connectivity index (χ1v) is 9.74. The molecule has 0 fully saturated rings. The molecule has 1 aromatic carbocycles. The predicted molar refractivity (Wildman–Crippen MR) is 108 cm³/mol. The molecule has 0 saturated carbocycles. The standard InChI is InChI=1S/C18H20BrN3O4S/c1-4-6-15-20-18(22-21-15)27-14(17(23)24)10-11-8-12(19)16(26-7-5-2)13(9-11)25-3/h5,8-10H,2,4,6-7H2,1,3H3,(H,23,24)(H,20,21,22)/b14-10-. The van der Waals surface area contributed by atoms with Gasteiger partial charge in [-0.25, -0.2) is 9.78 Å². The molecule has 144 valence electrons. The Balaban J connectivity index is 2.32. The molecule has 2 rings (SSSR count). The minimum absolute atomic E-state index is 0.0887. The summed E-state index contributed by atoms with van der Waals surface area (Å²) in [6.07, 6.45) is 4.85. The molecule has 9 heteroatoms. The molecule has 0 radical (unpaired) electrons. The van der Waals surface area contributed by atoms with E-state index < -0.39 is 5.97 Å². The van der Waals surface area contributed by atoms with Crippen molar-refractivity contribution in [3.63, 3.8) is 0 Å². The maximum Gasteiger partial charge on any atom is 0.342 e. The number of nitrogens with zero attached hydrogens (tertiary/aromatic N) is 2. The molecule has 0 saturated heterocycles. The summed E-state index contributed by atoms with van der Waals surface area (Å²) < 4.78 is 11.6. The van der Waals surface area contributed by atoms with E-state index in [4.69, 9.17) is 9.47 Å². The van der Waals surface area contributed by atoms with Crippen LogP contribution in [0.15, 0.2) is 39.3 Å². The Bertz CT molecular complexity index is 851. The highest BCUT2D eigenvalue weighted by atomic mass is 79.9. The lowest BCUT2D eigenvalue weighted by Gasteiger charge is -2.12. The number of halogens is 1. The fourth-order valence-corrected chi connectivity index (χ4v) is 3.46. The molecule has 0 aliphatic heterocycles. The number of carboxylic acid groups (broad SMARTS) is 1. The Morgan fingerprint density at radius 1 is 1.48 bits per heavy atom. The number of hydrogen-bond acceptors (Lipinski definition) is 6. The lowest BCUT2D eigenvalue weighted by Crippen LogP contribution is -1.99. The van der Waals surface area contributed by atoms with Crippen molar-refractivity contribution in [2.75, 3.05) is 13.7 Å². The van der Waals surface area contributed by atoms with Crippen molar-refractivity contribution >= 4 is 39.7 Å². The molecule has 0 spiro atoms. The summed E-state index contributed by atoms with van der Waals surface area (Å²) >= 11 is 4.41. The fourth-order valence-electron chi connectivity index (χ4n) is 2.16. The van der Waals surface area contributed by atoms with Gasteiger partial charge in [0.1, 0.15) is 17.3 Å². The average Bonchev–Trinajstić information content (AvgIpc) is 3.07. The molecule has 0 aliphatic carbocycles. The average molecular weight is 454 g/mol. The third-order valence-corrected chi connectivity index (χ3v) is 4.77. The number of H-pyrrole nitrogens is 1. The van der Waals surface area contributed by atoms with Crippen molar-refractivity contribution in [1.29, 1.82) is 0 Å². The summed E-state index contributed by atoms with van der Waals surface area (Å²) in [6, 6.07) is 3.46. The maximum atomic E-state index is 11.7. The largest absolute Gasteiger partial charge is 0.493 e. The number of aryl methyl sites for hydroxylation is 1. The zero-order valence-corrected chi connectivity index (χ0v) is 17.4. The number of carbonyl (C=O) groups is 1. The van der Waals surface area contributed by atoms with Gasteiger partial charge in [0.05, 0.1) is 11.6 Å². The number of aliphatic carboxylic acids is 1. The van der Waals surface area contributed by atoms with Gasteiger partial charge in [-0.3, -0.25) is 5.10 Å². The Labute approximate surface area is 170 Å². The second-order valence-electron chi connectivity index (χ2n) is 5.36. The van der Waals surface area contributed by atoms with E-state index in [1.54, 1.807) is 18.2 Å². The van der Waals surface area contributed by atoms with Crippen LogP contribution in [0.2, 0.25) is 0 Å². The van der Waals surface area contributed by atoms with Crippen molar-refractivity contribution < 1.29 is 19.4 Å². The van der Waals surface area contributed by atoms with Crippen molar-refractivity contribution in [2.45, 2.75) is 24.9 Å². The summed E-state index contributed by atoms with van der Waals surface area (Å²) in [5.41, 5.74) is 0.638. The van der Waals surface area contributed by atoms with Gasteiger partial charge >= 0.3 is 5.97 Å². The second kappa shape index (κ2) is 10.2. The molecule has 2 aromatic rings. The highest BCUT2D eigenvalue weighted by molar-refractivity contribution is 9.10. The minimum Gasteiger partial charge on any atom is -0.493 e. The van der Waals surface area contributed by atoms with E-state index in [0.717, 1.165) is 30.4 Å². The zero-order chi connectivity index (χ0) is 19.8. The molecule has 1 heterocycles. The molecule has 0 bridgehead atoms. The topological polar surface area (TPSA) is 97.3 Å². The first-order valence-electron chi connectivity index (χ1n) is 8.13. The van der Waals surface area contributed by atoms with Crippen LogP contribution in [-0.2, 0) is 11.2 Å². The van der Waals surface area contributed by atoms with Gasteiger partial charge in [-0.2, -0.15) is 0 Å². The smallest absolute Gasteiger partial charge is 0.342 e. The number of benzene rings is 1. The number of aromatic amines is 1. The van der Waals surface area contributed by atoms with Crippen LogP contribution in [0.3, 0.4) is 0 Å². The van der Waals surface area contributed by atoms with E-state index in [-0.39, 0.29) is 4.91 Å². The molecule has 0 atom stereocenters. The van der Waals surface area contributed by atoms with Crippen LogP contribution in [0.4, 0.5) is 0 Å². The molecule has 1 aromatic heterocycles. The van der Waals surface area contributed by atoms with Crippen molar-refractivity contribution in [3.05, 3.63) is 45.6 Å². The van der Waals surface area contributed by atoms with Gasteiger partial charge in [0.15, 0.2) is 11.5 Å². The van der Waals surface area contributed by atoms with Gasteiger partial charge in [-0.15, -0.1) is 5.10 Å². The molecule has 2 N–H and O–H groups in total. The molecule has 0 amide bonds. The number of rotatable bonds is 10. The summed E-state index contributed by atoms with van der Waals surface area (Å²) in [4.78, 5) is 16.0. The van der Waals surface area contributed by atoms with E-state index in [2.05, 4.69) is 37.7 Å².